The number of carbonyl (C=O) groups excluding carboxylic acids is 1. The van der Waals surface area contributed by atoms with E-state index in [2.05, 4.69) is 10.3 Å². The second-order valence-electron chi connectivity index (χ2n) is 8.16. The molecule has 0 unspecified atom stereocenters. The average Bonchev–Trinajstić information content (AvgIpc) is 3.39. The Bertz CT molecular complexity index is 1380. The van der Waals surface area contributed by atoms with Gasteiger partial charge in [-0.1, -0.05) is 71.7 Å². The van der Waals surface area contributed by atoms with E-state index < -0.39 is 18.1 Å². The fourth-order valence-electron chi connectivity index (χ4n) is 4.59. The molecule has 1 aromatic heterocycles. The van der Waals surface area contributed by atoms with Gasteiger partial charge in [0, 0.05) is 29.4 Å². The van der Waals surface area contributed by atoms with Gasteiger partial charge in [0.15, 0.2) is 0 Å². The molecule has 5 rings (SSSR count). The summed E-state index contributed by atoms with van der Waals surface area (Å²) in [6.07, 6.45) is 0.889. The Morgan fingerprint density at radius 1 is 1.00 bits per heavy atom. The van der Waals surface area contributed by atoms with Crippen LogP contribution in [0.15, 0.2) is 66.9 Å². The Morgan fingerprint density at radius 2 is 1.63 bits per heavy atom. The van der Waals surface area contributed by atoms with Crippen molar-refractivity contribution in [2.75, 3.05) is 6.61 Å². The summed E-state index contributed by atoms with van der Waals surface area (Å²) in [6, 6.07) is 18.2. The van der Waals surface area contributed by atoms with Crippen LogP contribution in [0, 0.1) is 0 Å². The minimum absolute atomic E-state index is 0. The van der Waals surface area contributed by atoms with E-state index in [1.807, 2.05) is 48.5 Å². The molecular weight excluding hydrogens is 507 g/mol. The summed E-state index contributed by atoms with van der Waals surface area (Å²) in [5.74, 6) is -1.29. The first-order chi connectivity index (χ1) is 16.4. The molecule has 3 aromatic carbocycles. The second kappa shape index (κ2) is 10.2. The third-order valence-corrected chi connectivity index (χ3v) is 6.98. The molecule has 4 aromatic rings. The van der Waals surface area contributed by atoms with E-state index >= 15 is 0 Å². The number of rotatable bonds is 6. The van der Waals surface area contributed by atoms with Gasteiger partial charge in [-0.25, -0.2) is 9.59 Å². The van der Waals surface area contributed by atoms with Gasteiger partial charge in [0.1, 0.15) is 12.6 Å². The van der Waals surface area contributed by atoms with E-state index in [9.17, 15) is 14.7 Å². The van der Waals surface area contributed by atoms with Crippen LogP contribution in [0.3, 0.4) is 0 Å². The number of halogens is 2. The number of aromatic amines is 1. The van der Waals surface area contributed by atoms with Crippen LogP contribution in [-0.2, 0) is 16.0 Å². The Hall–Kier alpha value is -3.13. The van der Waals surface area contributed by atoms with Crippen molar-refractivity contribution in [2.45, 2.75) is 18.4 Å². The number of carbonyl (C=O) groups is 2. The van der Waals surface area contributed by atoms with E-state index in [1.54, 1.807) is 18.3 Å². The van der Waals surface area contributed by atoms with E-state index in [0.29, 0.717) is 21.0 Å². The number of amides is 1. The van der Waals surface area contributed by atoms with Crippen LogP contribution >= 0.6 is 36.7 Å². The summed E-state index contributed by atoms with van der Waals surface area (Å²) in [5, 5.41) is 13.5. The number of H-pyrrole nitrogens is 1. The highest BCUT2D eigenvalue weighted by atomic mass is 35.5. The molecule has 180 valence electrons. The number of alkyl carbamates (subject to hydrolysis) is 1. The van der Waals surface area contributed by atoms with Crippen LogP contribution in [0.4, 0.5) is 4.79 Å². The number of ether oxygens (including phenoxy) is 1. The molecule has 1 heterocycles. The number of aromatic nitrogens is 1. The number of aliphatic carboxylic acids is 1. The lowest BCUT2D eigenvalue weighted by molar-refractivity contribution is -0.139. The van der Waals surface area contributed by atoms with E-state index in [-0.39, 0.29) is 32.4 Å². The average molecular weight is 529 g/mol. The number of carboxylic acid groups (broad SMARTS) is 1. The van der Waals surface area contributed by atoms with Crippen molar-refractivity contribution in [2.24, 2.45) is 0 Å². The van der Waals surface area contributed by atoms with Crippen molar-refractivity contribution < 1.29 is 19.4 Å². The lowest BCUT2D eigenvalue weighted by Gasteiger charge is -2.17. The fraction of sp³-hybridized carbons (Fsp3) is 0.154. The zero-order valence-corrected chi connectivity index (χ0v) is 20.9. The topological polar surface area (TPSA) is 91.4 Å². The minimum atomic E-state index is -1.20. The number of benzene rings is 3. The summed E-state index contributed by atoms with van der Waals surface area (Å²) < 4.78 is 5.50. The molecule has 1 atom stereocenters. The normalized spacial score (nSPS) is 13.0. The predicted octanol–water partition coefficient (Wildman–Crippen LogP) is 6.12. The Morgan fingerprint density at radius 3 is 2.26 bits per heavy atom. The van der Waals surface area contributed by atoms with Gasteiger partial charge in [0.25, 0.3) is 0 Å². The molecule has 9 heteroatoms. The molecule has 0 saturated carbocycles. The summed E-state index contributed by atoms with van der Waals surface area (Å²) in [5.41, 5.74) is 5.76. The lowest BCUT2D eigenvalue weighted by Crippen LogP contribution is -2.42. The van der Waals surface area contributed by atoms with E-state index in [4.69, 9.17) is 27.9 Å². The molecule has 3 N–H and O–H groups in total. The molecule has 0 fully saturated rings. The predicted molar refractivity (Wildman–Crippen MR) is 142 cm³/mol. The molecule has 35 heavy (non-hydrogen) atoms. The highest BCUT2D eigenvalue weighted by Crippen LogP contribution is 2.44. The monoisotopic (exact) mass is 528 g/mol. The summed E-state index contributed by atoms with van der Waals surface area (Å²) >= 11 is 12.5. The van der Waals surface area contributed by atoms with Crippen molar-refractivity contribution >= 4 is 59.7 Å². The number of hydrogen-bond acceptors (Lipinski definition) is 3. The molecule has 1 aliphatic carbocycles. The van der Waals surface area contributed by atoms with Crippen LogP contribution in [0.5, 0.6) is 0 Å². The maximum atomic E-state index is 12.6. The van der Waals surface area contributed by atoms with Crippen molar-refractivity contribution in [1.82, 2.24) is 10.3 Å². The first kappa shape index (κ1) is 25.0. The van der Waals surface area contributed by atoms with E-state index in [0.717, 1.165) is 27.8 Å². The molecule has 0 bridgehead atoms. The van der Waals surface area contributed by atoms with Crippen molar-refractivity contribution in [3.63, 3.8) is 0 Å². The highest BCUT2D eigenvalue weighted by Gasteiger charge is 2.30. The van der Waals surface area contributed by atoms with Crippen LogP contribution in [0.1, 0.15) is 22.6 Å². The van der Waals surface area contributed by atoms with Gasteiger partial charge in [-0.15, -0.1) is 0 Å². The van der Waals surface area contributed by atoms with Crippen molar-refractivity contribution in [3.05, 3.63) is 93.6 Å². The SMILES string of the molecule is O=C(N[C@@H](Cc1c[nH]c2ccc(Cl)c(Cl)c12)C(=O)O)OCC1c2ccccc2-c2ccccc21.S. The quantitative estimate of drug-likeness (QED) is 0.281. The highest BCUT2D eigenvalue weighted by molar-refractivity contribution is 7.59. The van der Waals surface area contributed by atoms with Crippen molar-refractivity contribution in [1.29, 1.82) is 0 Å². The number of carboxylic acids is 1. The van der Waals surface area contributed by atoms with Crippen LogP contribution < -0.4 is 5.32 Å². The van der Waals surface area contributed by atoms with Gasteiger partial charge in [0.05, 0.1) is 10.0 Å². The van der Waals surface area contributed by atoms with Gasteiger partial charge in [-0.2, -0.15) is 13.5 Å². The zero-order valence-electron chi connectivity index (χ0n) is 18.3. The van der Waals surface area contributed by atoms with Crippen LogP contribution in [0.2, 0.25) is 10.0 Å². The maximum Gasteiger partial charge on any atom is 0.407 e. The van der Waals surface area contributed by atoms with Gasteiger partial charge < -0.3 is 20.1 Å². The minimum Gasteiger partial charge on any atom is -0.480 e. The van der Waals surface area contributed by atoms with Gasteiger partial charge >= 0.3 is 12.1 Å². The summed E-state index contributed by atoms with van der Waals surface area (Å²) in [7, 11) is 0. The number of fused-ring (bicyclic) bond motifs is 4. The molecule has 0 spiro atoms. The van der Waals surface area contributed by atoms with E-state index in [1.165, 1.54) is 0 Å². The van der Waals surface area contributed by atoms with Gasteiger partial charge in [-0.05, 0) is 39.9 Å². The third kappa shape index (κ3) is 4.72. The molecule has 0 radical (unpaired) electrons. The first-order valence-electron chi connectivity index (χ1n) is 10.7. The van der Waals surface area contributed by atoms with Crippen LogP contribution in [-0.4, -0.2) is 34.8 Å². The van der Waals surface area contributed by atoms with Crippen LogP contribution in [0.25, 0.3) is 22.0 Å². The Balaban J connectivity index is 0.00000289. The molecular formula is C26H22Cl2N2O4S. The third-order valence-electron chi connectivity index (χ3n) is 6.18. The number of hydrogen-bond donors (Lipinski definition) is 3. The molecule has 0 aliphatic heterocycles. The molecule has 6 nitrogen and oxygen atoms in total. The van der Waals surface area contributed by atoms with Crippen molar-refractivity contribution in [3.8, 4) is 11.1 Å². The molecule has 1 amide bonds. The second-order valence-corrected chi connectivity index (χ2v) is 8.95. The first-order valence-corrected chi connectivity index (χ1v) is 11.5. The fourth-order valence-corrected chi connectivity index (χ4v) is 5.03. The standard InChI is InChI=1S/C26H20Cl2N2O4.H2S/c27-20-9-10-21-23(24(20)28)14(12-29-21)11-22(25(31)32)30-26(33)34-13-19-17-7-3-1-5-15(17)16-6-2-4-8-18(16)19;/h1-10,12,19,22,29H,11,13H2,(H,30,33)(H,31,32);1H2/t22-;/m0./s1. The van der Waals surface area contributed by atoms with Gasteiger partial charge in [0.2, 0.25) is 0 Å². The maximum absolute atomic E-state index is 12.6. The van der Waals surface area contributed by atoms with Gasteiger partial charge in [-0.3, -0.25) is 0 Å². The zero-order chi connectivity index (χ0) is 23.8. The lowest BCUT2D eigenvalue weighted by atomic mass is 9.98. The molecule has 0 saturated heterocycles. The largest absolute Gasteiger partial charge is 0.480 e. The summed E-state index contributed by atoms with van der Waals surface area (Å²) in [4.78, 5) is 27.6. The smallest absolute Gasteiger partial charge is 0.407 e. The number of nitrogens with one attached hydrogen (secondary N) is 2. The Kier molecular flexibility index (Phi) is 7.31. The molecule has 1 aliphatic rings. The Labute approximate surface area is 218 Å². The summed E-state index contributed by atoms with van der Waals surface area (Å²) in [6.45, 7) is 0.0979.